The maximum absolute atomic E-state index is 12.6. The van der Waals surface area contributed by atoms with Crippen molar-refractivity contribution in [1.29, 1.82) is 0 Å². The summed E-state index contributed by atoms with van der Waals surface area (Å²) in [5.41, 5.74) is 2.43. The normalized spacial score (nSPS) is 16.2. The van der Waals surface area contributed by atoms with Gasteiger partial charge in [0.15, 0.2) is 0 Å². The van der Waals surface area contributed by atoms with Crippen LogP contribution in [0, 0.1) is 0 Å². The Bertz CT molecular complexity index is 1040. The van der Waals surface area contributed by atoms with Crippen LogP contribution in [0.2, 0.25) is 5.02 Å². The molecule has 1 aliphatic rings. The maximum atomic E-state index is 12.6. The number of hydrogen-bond donors (Lipinski definition) is 2. The highest BCUT2D eigenvalue weighted by atomic mass is 79.9. The molecule has 1 aromatic heterocycles. The van der Waals surface area contributed by atoms with Crippen LogP contribution in [0.5, 0.6) is 0 Å². The summed E-state index contributed by atoms with van der Waals surface area (Å²) >= 11 is 9.89. The minimum atomic E-state index is -3.39. The van der Waals surface area contributed by atoms with Crippen molar-refractivity contribution >= 4 is 48.5 Å². The molecule has 3 aromatic rings. The molecule has 1 saturated carbocycles. The average molecular weight is 440 g/mol. The second-order valence-electron chi connectivity index (χ2n) is 6.25. The molecule has 25 heavy (non-hydrogen) atoms. The molecule has 0 spiro atoms. The van der Waals surface area contributed by atoms with E-state index in [-0.39, 0.29) is 5.25 Å². The van der Waals surface area contributed by atoms with E-state index >= 15 is 0 Å². The van der Waals surface area contributed by atoms with Crippen LogP contribution in [-0.2, 0) is 10.0 Å². The van der Waals surface area contributed by atoms with Crippen LogP contribution in [0.3, 0.4) is 0 Å². The molecular weight excluding hydrogens is 424 g/mol. The molecule has 0 unspecified atom stereocenters. The van der Waals surface area contributed by atoms with E-state index in [0.29, 0.717) is 17.9 Å². The van der Waals surface area contributed by atoms with Gasteiger partial charge in [0.2, 0.25) is 10.0 Å². The van der Waals surface area contributed by atoms with E-state index in [9.17, 15) is 8.42 Å². The monoisotopic (exact) mass is 438 g/mol. The van der Waals surface area contributed by atoms with Gasteiger partial charge in [-0.15, -0.1) is 0 Å². The van der Waals surface area contributed by atoms with Crippen molar-refractivity contribution in [1.82, 2.24) is 9.71 Å². The van der Waals surface area contributed by atoms with Gasteiger partial charge >= 0.3 is 0 Å². The highest BCUT2D eigenvalue weighted by Gasteiger charge is 2.38. The zero-order chi connectivity index (χ0) is 17.6. The Morgan fingerprint density at radius 3 is 2.60 bits per heavy atom. The molecule has 4 nitrogen and oxygen atoms in total. The van der Waals surface area contributed by atoms with Gasteiger partial charge in [-0.2, -0.15) is 0 Å². The molecule has 0 bridgehead atoms. The number of nitrogens with one attached hydrogen (secondary N) is 2. The summed E-state index contributed by atoms with van der Waals surface area (Å²) in [5.74, 6) is 0. The Kier molecular flexibility index (Phi) is 4.40. The first-order valence-corrected chi connectivity index (χ1v) is 10.7. The molecular formula is C18H16BrClN2O2S. The molecule has 2 N–H and O–H groups in total. The van der Waals surface area contributed by atoms with E-state index in [1.807, 2.05) is 42.5 Å². The molecule has 1 fully saturated rings. The molecule has 0 saturated heterocycles. The van der Waals surface area contributed by atoms with Crippen LogP contribution in [0.25, 0.3) is 10.9 Å². The highest BCUT2D eigenvalue weighted by molar-refractivity contribution is 9.10. The summed E-state index contributed by atoms with van der Waals surface area (Å²) in [6.07, 6.45) is 1.42. The van der Waals surface area contributed by atoms with Gasteiger partial charge in [-0.05, 0) is 52.5 Å². The molecule has 7 heteroatoms. The Hall–Kier alpha value is -1.34. The van der Waals surface area contributed by atoms with Crippen LogP contribution < -0.4 is 4.72 Å². The van der Waals surface area contributed by atoms with Gasteiger partial charge in [-0.1, -0.05) is 41.9 Å². The van der Waals surface area contributed by atoms with Crippen LogP contribution in [0.15, 0.2) is 53.0 Å². The van der Waals surface area contributed by atoms with Gasteiger partial charge in [0.1, 0.15) is 0 Å². The van der Waals surface area contributed by atoms with Crippen LogP contribution >= 0.6 is 27.5 Å². The van der Waals surface area contributed by atoms with E-state index in [4.69, 9.17) is 11.6 Å². The number of benzene rings is 2. The number of sulfonamides is 1. The second-order valence-corrected chi connectivity index (χ2v) is 9.50. The van der Waals surface area contributed by atoms with Gasteiger partial charge < -0.3 is 4.98 Å². The number of para-hydroxylation sites is 1. The first-order chi connectivity index (χ1) is 12.0. The summed E-state index contributed by atoms with van der Waals surface area (Å²) in [5, 5.41) is 1.24. The number of rotatable bonds is 5. The van der Waals surface area contributed by atoms with E-state index in [0.717, 1.165) is 26.6 Å². The van der Waals surface area contributed by atoms with Crippen molar-refractivity contribution in [2.45, 2.75) is 24.1 Å². The van der Waals surface area contributed by atoms with Gasteiger partial charge in [0.25, 0.3) is 0 Å². The topological polar surface area (TPSA) is 62.0 Å². The number of H-pyrrole nitrogens is 1. The van der Waals surface area contributed by atoms with Gasteiger partial charge in [0, 0.05) is 20.6 Å². The third-order valence-electron chi connectivity index (χ3n) is 4.40. The van der Waals surface area contributed by atoms with Crippen molar-refractivity contribution in [3.05, 3.63) is 69.3 Å². The van der Waals surface area contributed by atoms with Crippen LogP contribution in [0.4, 0.5) is 0 Å². The average Bonchev–Trinajstić information content (AvgIpc) is 3.34. The lowest BCUT2D eigenvalue weighted by Gasteiger charge is -2.19. The Morgan fingerprint density at radius 1 is 1.16 bits per heavy atom. The van der Waals surface area contributed by atoms with Crippen molar-refractivity contribution < 1.29 is 8.42 Å². The van der Waals surface area contributed by atoms with Gasteiger partial charge in [-0.3, -0.25) is 0 Å². The highest BCUT2D eigenvalue weighted by Crippen LogP contribution is 2.35. The number of fused-ring (bicyclic) bond motifs is 1. The summed E-state index contributed by atoms with van der Waals surface area (Å²) in [6.45, 7) is 0. The largest absolute Gasteiger partial charge is 0.356 e. The summed E-state index contributed by atoms with van der Waals surface area (Å²) < 4.78 is 28.9. The van der Waals surface area contributed by atoms with Gasteiger partial charge in [0.05, 0.1) is 16.8 Å². The Balaban J connectivity index is 1.84. The van der Waals surface area contributed by atoms with Crippen molar-refractivity contribution in [3.8, 4) is 0 Å². The molecule has 0 amide bonds. The Labute approximate surface area is 159 Å². The Morgan fingerprint density at radius 2 is 1.92 bits per heavy atom. The molecule has 0 radical (unpaired) electrons. The minimum absolute atomic E-state index is 0.298. The molecule has 1 heterocycles. The predicted octanol–water partition coefficient (Wildman–Crippen LogP) is 4.76. The zero-order valence-corrected chi connectivity index (χ0v) is 16.3. The molecule has 1 atom stereocenters. The third kappa shape index (κ3) is 3.36. The lowest BCUT2D eigenvalue weighted by atomic mass is 10.0. The smallest absolute Gasteiger partial charge is 0.215 e. The van der Waals surface area contributed by atoms with Crippen molar-refractivity contribution in [2.24, 2.45) is 0 Å². The molecule has 2 aromatic carbocycles. The summed E-state index contributed by atoms with van der Waals surface area (Å²) in [7, 11) is -3.39. The fourth-order valence-corrected chi connectivity index (χ4v) is 5.20. The molecule has 130 valence electrons. The fourth-order valence-electron chi connectivity index (χ4n) is 2.94. The van der Waals surface area contributed by atoms with E-state index < -0.39 is 16.1 Å². The second kappa shape index (κ2) is 6.43. The summed E-state index contributed by atoms with van der Waals surface area (Å²) in [4.78, 5) is 3.34. The SMILES string of the molecule is O=S(=O)(N[C@@H](c1cc2cccc(Br)c2[nH]1)c1ccccc1Cl)C1CC1. The van der Waals surface area contributed by atoms with Crippen molar-refractivity contribution in [3.63, 3.8) is 0 Å². The van der Waals surface area contributed by atoms with Crippen LogP contribution in [0.1, 0.15) is 30.1 Å². The third-order valence-corrected chi connectivity index (χ3v) is 7.32. The number of aromatic nitrogens is 1. The van der Waals surface area contributed by atoms with Crippen LogP contribution in [-0.4, -0.2) is 18.7 Å². The number of aromatic amines is 1. The summed E-state index contributed by atoms with van der Waals surface area (Å²) in [6, 6.07) is 14.6. The lowest BCUT2D eigenvalue weighted by Crippen LogP contribution is -2.32. The first-order valence-electron chi connectivity index (χ1n) is 7.98. The van der Waals surface area contributed by atoms with E-state index in [1.165, 1.54) is 0 Å². The molecule has 1 aliphatic carbocycles. The van der Waals surface area contributed by atoms with Crippen molar-refractivity contribution in [2.75, 3.05) is 0 Å². The first kappa shape index (κ1) is 17.1. The molecule has 4 rings (SSSR count). The maximum Gasteiger partial charge on any atom is 0.215 e. The zero-order valence-electron chi connectivity index (χ0n) is 13.2. The minimum Gasteiger partial charge on any atom is -0.356 e. The predicted molar refractivity (Wildman–Crippen MR) is 104 cm³/mol. The molecule has 0 aliphatic heterocycles. The fraction of sp³-hybridized carbons (Fsp3) is 0.222. The standard InChI is InChI=1S/C18H16BrClN2O2S/c19-14-6-3-4-11-10-16(21-17(11)14)18(13-5-1-2-7-15(13)20)22-25(23,24)12-8-9-12/h1-7,10,12,18,21-22H,8-9H2/t18-/m1/s1. The number of halogens is 2. The van der Waals surface area contributed by atoms with Gasteiger partial charge in [-0.25, -0.2) is 13.1 Å². The van der Waals surface area contributed by atoms with E-state index in [1.54, 1.807) is 6.07 Å². The quantitative estimate of drug-likeness (QED) is 0.602. The lowest BCUT2D eigenvalue weighted by molar-refractivity contribution is 0.569. The van der Waals surface area contributed by atoms with E-state index in [2.05, 4.69) is 25.6 Å². The number of hydrogen-bond acceptors (Lipinski definition) is 2.